The molecule has 8 heteroatoms. The van der Waals surface area contributed by atoms with Crippen molar-refractivity contribution in [1.82, 2.24) is 15.0 Å². The van der Waals surface area contributed by atoms with Crippen LogP contribution in [0.2, 0.25) is 0 Å². The lowest BCUT2D eigenvalue weighted by Gasteiger charge is -2.13. The predicted octanol–water partition coefficient (Wildman–Crippen LogP) is 0.587. The number of carboxylic acids is 1. The van der Waals surface area contributed by atoms with Crippen LogP contribution in [0.1, 0.15) is 17.6 Å². The Kier molecular flexibility index (Phi) is 3.58. The second-order valence-corrected chi connectivity index (χ2v) is 4.60. The number of rotatable bonds is 5. The summed E-state index contributed by atoms with van der Waals surface area (Å²) in [6, 6.07) is -1.08. The van der Waals surface area contributed by atoms with Crippen molar-refractivity contribution in [3.8, 4) is 0 Å². The third-order valence-corrected chi connectivity index (χ3v) is 3.34. The van der Waals surface area contributed by atoms with Gasteiger partial charge in [0.15, 0.2) is 5.13 Å². The van der Waals surface area contributed by atoms with E-state index in [1.807, 2.05) is 11.9 Å². The largest absolute Gasteiger partial charge is 0.480 e. The van der Waals surface area contributed by atoms with Gasteiger partial charge in [-0.3, -0.25) is 4.79 Å². The first-order valence-corrected chi connectivity index (χ1v) is 6.09. The van der Waals surface area contributed by atoms with Gasteiger partial charge >= 0.3 is 5.97 Å². The van der Waals surface area contributed by atoms with E-state index in [4.69, 9.17) is 10.8 Å². The average molecular weight is 267 g/mol. The molecular weight excluding hydrogens is 254 g/mol. The zero-order valence-electron chi connectivity index (χ0n) is 9.70. The number of aliphatic carboxylic acids is 1. The number of nitrogens with one attached hydrogen (secondary N) is 1. The molecule has 0 spiro atoms. The van der Waals surface area contributed by atoms with Crippen molar-refractivity contribution in [2.24, 2.45) is 5.73 Å². The summed E-state index contributed by atoms with van der Waals surface area (Å²) in [6.07, 6.45) is 3.42. The number of carboxylic acid groups (broad SMARTS) is 1. The number of aromatic amines is 1. The molecule has 0 fully saturated rings. The fourth-order valence-electron chi connectivity index (χ4n) is 1.40. The van der Waals surface area contributed by atoms with Crippen LogP contribution in [0, 0.1) is 0 Å². The molecule has 0 bridgehead atoms. The van der Waals surface area contributed by atoms with Crippen molar-refractivity contribution in [1.29, 1.82) is 0 Å². The van der Waals surface area contributed by atoms with Gasteiger partial charge in [0, 0.05) is 24.8 Å². The van der Waals surface area contributed by atoms with Gasteiger partial charge in [0.1, 0.15) is 11.9 Å². The third-order valence-electron chi connectivity index (χ3n) is 2.36. The molecule has 2 aromatic heterocycles. The molecule has 0 aliphatic heterocycles. The Morgan fingerprint density at radius 3 is 3.11 bits per heavy atom. The summed E-state index contributed by atoms with van der Waals surface area (Å²) in [4.78, 5) is 23.9. The molecule has 1 atom stereocenters. The number of H-pyrrole nitrogens is 1. The minimum absolute atomic E-state index is 0.369. The molecule has 2 aromatic rings. The van der Waals surface area contributed by atoms with Gasteiger partial charge in [-0.1, -0.05) is 0 Å². The van der Waals surface area contributed by atoms with Crippen molar-refractivity contribution in [2.45, 2.75) is 12.6 Å². The van der Waals surface area contributed by atoms with Crippen molar-refractivity contribution in [2.75, 3.05) is 11.9 Å². The highest BCUT2D eigenvalue weighted by atomic mass is 32.1. The summed E-state index contributed by atoms with van der Waals surface area (Å²) in [6.45, 7) is 0.572. The summed E-state index contributed by atoms with van der Waals surface area (Å²) in [5.74, 6) is -0.266. The number of hydrogen-bond donors (Lipinski definition) is 3. The highest BCUT2D eigenvalue weighted by Crippen LogP contribution is 2.23. The van der Waals surface area contributed by atoms with Gasteiger partial charge in [0.05, 0.1) is 12.2 Å². The molecule has 2 heterocycles. The van der Waals surface area contributed by atoms with Crippen LogP contribution in [0.15, 0.2) is 17.8 Å². The van der Waals surface area contributed by atoms with Crippen molar-refractivity contribution in [3.05, 3.63) is 29.3 Å². The van der Waals surface area contributed by atoms with E-state index < -0.39 is 12.0 Å². The lowest BCUT2D eigenvalue weighted by atomic mass is 10.2. The summed E-state index contributed by atoms with van der Waals surface area (Å²) < 4.78 is 0. The molecule has 0 saturated carbocycles. The number of aromatic nitrogens is 3. The van der Waals surface area contributed by atoms with Gasteiger partial charge in [0.2, 0.25) is 0 Å². The van der Waals surface area contributed by atoms with Gasteiger partial charge in [-0.15, -0.1) is 11.3 Å². The summed E-state index contributed by atoms with van der Waals surface area (Å²) in [5.41, 5.74) is 5.86. The Labute approximate surface area is 107 Å². The average Bonchev–Trinajstić information content (AvgIpc) is 2.97. The second-order valence-electron chi connectivity index (χ2n) is 3.76. The van der Waals surface area contributed by atoms with Gasteiger partial charge in [-0.25, -0.2) is 9.97 Å². The van der Waals surface area contributed by atoms with Gasteiger partial charge in [-0.05, 0) is 0 Å². The van der Waals surface area contributed by atoms with Crippen molar-refractivity contribution < 1.29 is 9.90 Å². The lowest BCUT2D eigenvalue weighted by molar-refractivity contribution is -0.138. The molecule has 0 saturated heterocycles. The maximum absolute atomic E-state index is 10.7. The Balaban J connectivity index is 2.07. The van der Waals surface area contributed by atoms with E-state index in [1.54, 1.807) is 17.8 Å². The van der Waals surface area contributed by atoms with E-state index in [0.29, 0.717) is 17.4 Å². The smallest absolute Gasteiger partial charge is 0.326 e. The van der Waals surface area contributed by atoms with Crippen molar-refractivity contribution >= 4 is 22.4 Å². The van der Waals surface area contributed by atoms with Crippen LogP contribution >= 0.6 is 11.3 Å². The zero-order chi connectivity index (χ0) is 13.1. The molecule has 0 aliphatic carbocycles. The standard InChI is InChI=1S/C10H13N5O2S/c1-15(4-7-12-2-3-13-7)10-14-6(5-18-10)8(11)9(16)17/h2-3,5,8H,4,11H2,1H3,(H,12,13)(H,16,17). The van der Waals surface area contributed by atoms with Crippen molar-refractivity contribution in [3.63, 3.8) is 0 Å². The number of anilines is 1. The fourth-order valence-corrected chi connectivity index (χ4v) is 2.23. The molecule has 0 aliphatic rings. The van der Waals surface area contributed by atoms with Crippen LogP contribution in [-0.4, -0.2) is 33.1 Å². The maximum Gasteiger partial charge on any atom is 0.326 e. The van der Waals surface area contributed by atoms with E-state index in [9.17, 15) is 4.79 Å². The van der Waals surface area contributed by atoms with E-state index in [-0.39, 0.29) is 0 Å². The number of imidazole rings is 1. The second kappa shape index (κ2) is 5.15. The predicted molar refractivity (Wildman–Crippen MR) is 67.4 cm³/mol. The van der Waals surface area contributed by atoms with Crippen LogP contribution in [0.4, 0.5) is 5.13 Å². The Bertz CT molecular complexity index is 524. The van der Waals surface area contributed by atoms with Gasteiger partial charge in [-0.2, -0.15) is 0 Å². The lowest BCUT2D eigenvalue weighted by Crippen LogP contribution is -2.22. The molecule has 7 nitrogen and oxygen atoms in total. The van der Waals surface area contributed by atoms with Crippen LogP contribution in [-0.2, 0) is 11.3 Å². The molecular formula is C10H13N5O2S. The highest BCUT2D eigenvalue weighted by Gasteiger charge is 2.18. The van der Waals surface area contributed by atoms with E-state index in [2.05, 4.69) is 15.0 Å². The Morgan fingerprint density at radius 1 is 1.72 bits per heavy atom. The molecule has 96 valence electrons. The monoisotopic (exact) mass is 267 g/mol. The van der Waals surface area contributed by atoms with Gasteiger partial charge in [0.25, 0.3) is 0 Å². The first-order valence-electron chi connectivity index (χ1n) is 5.21. The third kappa shape index (κ3) is 2.66. The summed E-state index contributed by atoms with van der Waals surface area (Å²) in [7, 11) is 1.86. The molecule has 2 rings (SSSR count). The minimum atomic E-state index is -1.08. The molecule has 0 aromatic carbocycles. The normalized spacial score (nSPS) is 12.3. The van der Waals surface area contributed by atoms with Gasteiger partial charge < -0.3 is 20.7 Å². The van der Waals surface area contributed by atoms with Crippen LogP contribution in [0.3, 0.4) is 0 Å². The van der Waals surface area contributed by atoms with Crippen LogP contribution < -0.4 is 10.6 Å². The molecule has 18 heavy (non-hydrogen) atoms. The van der Waals surface area contributed by atoms with E-state index in [1.165, 1.54) is 11.3 Å². The summed E-state index contributed by atoms with van der Waals surface area (Å²) in [5, 5.41) is 11.2. The first kappa shape index (κ1) is 12.5. The van der Waals surface area contributed by atoms with Crippen LogP contribution in [0.5, 0.6) is 0 Å². The van der Waals surface area contributed by atoms with E-state index >= 15 is 0 Å². The van der Waals surface area contributed by atoms with E-state index in [0.717, 1.165) is 5.82 Å². The number of nitrogens with zero attached hydrogens (tertiary/aromatic N) is 3. The maximum atomic E-state index is 10.7. The van der Waals surface area contributed by atoms with Crippen LogP contribution in [0.25, 0.3) is 0 Å². The fraction of sp³-hybridized carbons (Fsp3) is 0.300. The zero-order valence-corrected chi connectivity index (χ0v) is 10.5. The SMILES string of the molecule is CN(Cc1ncc[nH]1)c1nc(C(N)C(=O)O)cs1. The number of carbonyl (C=O) groups is 1. The molecule has 4 N–H and O–H groups in total. The Morgan fingerprint density at radius 2 is 2.50 bits per heavy atom. The number of nitrogens with two attached hydrogens (primary N) is 1. The first-order chi connectivity index (χ1) is 8.58. The molecule has 1 unspecified atom stereocenters. The number of thiazole rings is 1. The minimum Gasteiger partial charge on any atom is -0.480 e. The quantitative estimate of drug-likeness (QED) is 0.731. The molecule has 0 amide bonds. The topological polar surface area (TPSA) is 108 Å². The Hall–Kier alpha value is -1.93. The highest BCUT2D eigenvalue weighted by molar-refractivity contribution is 7.13. The summed E-state index contributed by atoms with van der Waals surface area (Å²) >= 11 is 1.36. The molecule has 0 radical (unpaired) electrons. The number of hydrogen-bond acceptors (Lipinski definition) is 6.